The molecule has 0 spiro atoms. The SMILES string of the molecule is Cc1ncsc1C(=O)Nc1ccc(-n2nc(C3CC3)cc2C2CC2)cc1.Cc1nnsc1C(=O)Nc1ccc(-n2nc(C3CC3)cc2C2CC2)cc1. The van der Waals surface area contributed by atoms with Crippen molar-refractivity contribution in [2.24, 2.45) is 0 Å². The number of nitrogens with one attached hydrogen (secondary N) is 2. The zero-order chi connectivity index (χ0) is 35.3. The van der Waals surface area contributed by atoms with Crippen molar-refractivity contribution in [2.75, 3.05) is 10.6 Å². The summed E-state index contributed by atoms with van der Waals surface area (Å²) in [4.78, 5) is 30.0. The number of hydrogen-bond donors (Lipinski definition) is 2. The van der Waals surface area contributed by atoms with Crippen LogP contribution in [0, 0.1) is 13.8 Å². The fraction of sp³-hybridized carbons (Fsp3) is 0.359. The van der Waals surface area contributed by atoms with E-state index < -0.39 is 0 Å². The minimum absolute atomic E-state index is 0.105. The quantitative estimate of drug-likeness (QED) is 0.144. The second-order valence-corrected chi connectivity index (χ2v) is 16.0. The Bertz CT molecular complexity index is 2090. The highest BCUT2D eigenvalue weighted by molar-refractivity contribution is 7.12. The van der Waals surface area contributed by atoms with Crippen LogP contribution in [0.25, 0.3) is 11.4 Å². The summed E-state index contributed by atoms with van der Waals surface area (Å²) in [7, 11) is 0. The van der Waals surface area contributed by atoms with Crippen LogP contribution >= 0.6 is 22.9 Å². The molecule has 4 aliphatic rings. The van der Waals surface area contributed by atoms with Crippen LogP contribution in [0.2, 0.25) is 0 Å². The minimum atomic E-state index is -0.168. The highest BCUT2D eigenvalue weighted by Gasteiger charge is 2.34. The molecule has 2 amide bonds. The van der Waals surface area contributed by atoms with E-state index in [2.05, 4.69) is 46.7 Å². The molecule has 0 radical (unpaired) electrons. The number of nitrogens with zero attached hydrogens (tertiary/aromatic N) is 7. The summed E-state index contributed by atoms with van der Waals surface area (Å²) >= 11 is 2.48. The van der Waals surface area contributed by atoms with Gasteiger partial charge in [0.25, 0.3) is 11.8 Å². The number of aryl methyl sites for hydroxylation is 2. The molecule has 4 aromatic heterocycles. The molecular formula is C39H39N9O2S2. The second kappa shape index (κ2) is 13.5. The predicted octanol–water partition coefficient (Wildman–Crippen LogP) is 8.68. The first-order valence-corrected chi connectivity index (χ1v) is 19.8. The normalized spacial score (nSPS) is 16.7. The Balaban J connectivity index is 0.000000138. The third-order valence-corrected chi connectivity index (χ3v) is 11.8. The average molecular weight is 730 g/mol. The van der Waals surface area contributed by atoms with Crippen molar-refractivity contribution < 1.29 is 9.59 Å². The molecule has 264 valence electrons. The largest absolute Gasteiger partial charge is 0.321 e. The van der Waals surface area contributed by atoms with Crippen molar-refractivity contribution in [3.05, 3.63) is 110 Å². The van der Waals surface area contributed by atoms with Gasteiger partial charge in [0, 0.05) is 46.4 Å². The van der Waals surface area contributed by atoms with Crippen LogP contribution in [0.5, 0.6) is 0 Å². The van der Waals surface area contributed by atoms with Crippen LogP contribution in [0.1, 0.15) is 129 Å². The highest BCUT2D eigenvalue weighted by Crippen LogP contribution is 2.46. The molecule has 0 saturated heterocycles. The van der Waals surface area contributed by atoms with Crippen LogP contribution in [0.3, 0.4) is 0 Å². The molecule has 2 N–H and O–H groups in total. The number of anilines is 2. The summed E-state index contributed by atoms with van der Waals surface area (Å²) in [6.45, 7) is 3.64. The summed E-state index contributed by atoms with van der Waals surface area (Å²) < 4.78 is 8.00. The van der Waals surface area contributed by atoms with Crippen LogP contribution in [-0.2, 0) is 0 Å². The molecule has 52 heavy (non-hydrogen) atoms. The van der Waals surface area contributed by atoms with E-state index >= 15 is 0 Å². The molecule has 0 bridgehead atoms. The Morgan fingerprint density at radius 3 is 1.48 bits per heavy atom. The Labute approximate surface area is 309 Å². The second-order valence-electron chi connectivity index (χ2n) is 14.4. The van der Waals surface area contributed by atoms with E-state index in [0.29, 0.717) is 39.1 Å². The third-order valence-electron chi connectivity index (χ3n) is 10.0. The summed E-state index contributed by atoms with van der Waals surface area (Å²) in [5, 5.41) is 19.5. The van der Waals surface area contributed by atoms with Crippen LogP contribution in [0.15, 0.2) is 66.2 Å². The number of amides is 2. The monoisotopic (exact) mass is 729 g/mol. The molecule has 0 aliphatic heterocycles. The van der Waals surface area contributed by atoms with Gasteiger partial charge < -0.3 is 10.6 Å². The van der Waals surface area contributed by atoms with Gasteiger partial charge in [0.2, 0.25) is 0 Å². The van der Waals surface area contributed by atoms with E-state index in [1.807, 2.05) is 55.5 Å². The van der Waals surface area contributed by atoms with E-state index in [9.17, 15) is 9.59 Å². The standard InChI is InChI=1S/C20H20N4OS.C19H19N5OS/c1-12-19(26-11-21-12)20(25)22-15-6-8-16(9-7-15)24-18(14-4-5-14)10-17(23-24)13-2-3-13;1-11-18(26-23-21-11)19(25)20-14-6-8-15(9-7-14)24-17(13-4-5-13)10-16(22-24)12-2-3-12/h6-11,13-14H,2-5H2,1H3,(H,22,25);6-10,12-13H,2-5H2,1H3,(H,20,25). The fourth-order valence-corrected chi connectivity index (χ4v) is 7.70. The number of hydrogen-bond acceptors (Lipinski definition) is 9. The van der Waals surface area contributed by atoms with Crippen molar-refractivity contribution in [1.29, 1.82) is 0 Å². The molecule has 0 unspecified atom stereocenters. The Morgan fingerprint density at radius 2 is 1.10 bits per heavy atom. The van der Waals surface area contributed by atoms with Gasteiger partial charge in [-0.1, -0.05) is 4.49 Å². The molecule has 4 fully saturated rings. The molecule has 6 aromatic rings. The number of rotatable bonds is 10. The third kappa shape index (κ3) is 7.07. The van der Waals surface area contributed by atoms with E-state index in [0.717, 1.165) is 40.0 Å². The lowest BCUT2D eigenvalue weighted by Crippen LogP contribution is -2.11. The molecule has 4 heterocycles. The molecule has 4 saturated carbocycles. The minimum Gasteiger partial charge on any atom is -0.321 e. The molecule has 11 nitrogen and oxygen atoms in total. The topological polar surface area (TPSA) is 133 Å². The number of carbonyl (C=O) groups is 2. The lowest BCUT2D eigenvalue weighted by molar-refractivity contribution is 0.102. The first-order valence-electron chi connectivity index (χ1n) is 18.1. The molecule has 13 heteroatoms. The number of carbonyl (C=O) groups excluding carboxylic acids is 2. The van der Waals surface area contributed by atoms with Crippen molar-refractivity contribution in [1.82, 2.24) is 34.1 Å². The van der Waals surface area contributed by atoms with Gasteiger partial charge in [-0.25, -0.2) is 14.3 Å². The van der Waals surface area contributed by atoms with E-state index in [-0.39, 0.29) is 11.8 Å². The zero-order valence-corrected chi connectivity index (χ0v) is 30.7. The maximum atomic E-state index is 12.3. The average Bonchev–Trinajstić information content (AvgIpc) is 3.99. The molecule has 2 aromatic carbocycles. The van der Waals surface area contributed by atoms with Crippen molar-refractivity contribution in [3.63, 3.8) is 0 Å². The number of thiazole rings is 1. The predicted molar refractivity (Wildman–Crippen MR) is 202 cm³/mol. The Hall–Kier alpha value is -5.01. The summed E-state index contributed by atoms with van der Waals surface area (Å²) in [5.74, 6) is 2.35. The van der Waals surface area contributed by atoms with E-state index in [1.165, 1.54) is 85.5 Å². The van der Waals surface area contributed by atoms with Crippen molar-refractivity contribution >= 4 is 46.1 Å². The van der Waals surface area contributed by atoms with E-state index in [4.69, 9.17) is 10.2 Å². The maximum absolute atomic E-state index is 12.3. The lowest BCUT2D eigenvalue weighted by Gasteiger charge is -2.09. The summed E-state index contributed by atoms with van der Waals surface area (Å²) in [5.41, 5.74) is 11.9. The van der Waals surface area contributed by atoms with Crippen LogP contribution in [0.4, 0.5) is 11.4 Å². The van der Waals surface area contributed by atoms with Gasteiger partial charge in [-0.3, -0.25) is 9.59 Å². The van der Waals surface area contributed by atoms with E-state index in [1.54, 1.807) is 12.4 Å². The fourth-order valence-electron chi connectivity index (χ4n) is 6.45. The number of aromatic nitrogens is 7. The van der Waals surface area contributed by atoms with Gasteiger partial charge in [-0.05, 0) is 137 Å². The first-order chi connectivity index (χ1) is 25.4. The van der Waals surface area contributed by atoms with Crippen molar-refractivity contribution in [2.45, 2.75) is 88.9 Å². The van der Waals surface area contributed by atoms with Crippen LogP contribution < -0.4 is 10.6 Å². The Morgan fingerprint density at radius 1 is 0.635 bits per heavy atom. The van der Waals surface area contributed by atoms with Gasteiger partial charge in [0.1, 0.15) is 9.75 Å². The molecular weight excluding hydrogens is 691 g/mol. The van der Waals surface area contributed by atoms with Gasteiger partial charge in [-0.2, -0.15) is 10.2 Å². The molecule has 0 atom stereocenters. The first kappa shape index (κ1) is 32.9. The molecule has 4 aliphatic carbocycles. The number of benzene rings is 2. The van der Waals surface area contributed by atoms with Gasteiger partial charge in [0.05, 0.1) is 39.7 Å². The van der Waals surface area contributed by atoms with Crippen molar-refractivity contribution in [3.8, 4) is 11.4 Å². The van der Waals surface area contributed by atoms with Gasteiger partial charge in [0.15, 0.2) is 0 Å². The molecule has 10 rings (SSSR count). The lowest BCUT2D eigenvalue weighted by atomic mass is 10.2. The smallest absolute Gasteiger partial charge is 0.269 e. The summed E-state index contributed by atoms with van der Waals surface area (Å²) in [6.07, 6.45) is 10.1. The summed E-state index contributed by atoms with van der Waals surface area (Å²) in [6, 6.07) is 20.4. The van der Waals surface area contributed by atoms with Crippen LogP contribution in [-0.4, -0.2) is 45.9 Å². The highest BCUT2D eigenvalue weighted by atomic mass is 32.1. The Kier molecular flexibility index (Phi) is 8.54. The zero-order valence-electron chi connectivity index (χ0n) is 29.1. The maximum Gasteiger partial charge on any atom is 0.269 e. The van der Waals surface area contributed by atoms with Gasteiger partial charge >= 0.3 is 0 Å². The van der Waals surface area contributed by atoms with Gasteiger partial charge in [-0.15, -0.1) is 16.4 Å².